The quantitative estimate of drug-likeness (QED) is 0.612. The monoisotopic (exact) mass is 240 g/mol. The lowest BCUT2D eigenvalue weighted by Gasteiger charge is -2.13. The predicted molar refractivity (Wildman–Crippen MR) is 67.2 cm³/mol. The van der Waals surface area contributed by atoms with Crippen LogP contribution in [0.4, 0.5) is 11.5 Å². The van der Waals surface area contributed by atoms with Crippen LogP contribution in [0.3, 0.4) is 0 Å². The summed E-state index contributed by atoms with van der Waals surface area (Å²) in [5.74, 6) is 0.496. The van der Waals surface area contributed by atoms with Gasteiger partial charge in [0, 0.05) is 13.1 Å². The molecule has 1 atom stereocenters. The summed E-state index contributed by atoms with van der Waals surface area (Å²) in [6.07, 6.45) is 3.23. The van der Waals surface area contributed by atoms with Gasteiger partial charge in [0.1, 0.15) is 5.69 Å². The number of nitrogens with zero attached hydrogens (tertiary/aromatic N) is 3. The number of aryl methyl sites for hydroxylation is 2. The molecule has 0 radical (unpaired) electrons. The van der Waals surface area contributed by atoms with Gasteiger partial charge in [-0.3, -0.25) is 10.1 Å². The molecule has 0 aromatic carbocycles. The number of unbranched alkanes of at least 4 members (excludes halogenated alkanes) is 1. The Morgan fingerprint density at radius 1 is 1.59 bits per heavy atom. The summed E-state index contributed by atoms with van der Waals surface area (Å²) in [5.41, 5.74) is 0.526. The van der Waals surface area contributed by atoms with E-state index in [-0.39, 0.29) is 16.7 Å². The van der Waals surface area contributed by atoms with Gasteiger partial charge in [0.2, 0.25) is 5.82 Å². The van der Waals surface area contributed by atoms with E-state index in [1.54, 1.807) is 14.0 Å². The zero-order chi connectivity index (χ0) is 13.0. The van der Waals surface area contributed by atoms with Crippen LogP contribution >= 0.6 is 0 Å². The number of nitro groups is 1. The molecular weight excluding hydrogens is 220 g/mol. The minimum Gasteiger partial charge on any atom is -0.362 e. The number of rotatable bonds is 6. The Labute approximate surface area is 101 Å². The SMILES string of the molecule is CCCCC(C)Nc1c([N+](=O)[O-])c(C)nn1C. The molecule has 0 aliphatic heterocycles. The fourth-order valence-corrected chi connectivity index (χ4v) is 1.84. The molecule has 0 spiro atoms. The van der Waals surface area contributed by atoms with E-state index in [2.05, 4.69) is 17.3 Å². The van der Waals surface area contributed by atoms with Crippen molar-refractivity contribution in [1.82, 2.24) is 9.78 Å². The summed E-state index contributed by atoms with van der Waals surface area (Å²) >= 11 is 0. The van der Waals surface area contributed by atoms with Crippen molar-refractivity contribution < 1.29 is 4.92 Å². The molecule has 1 aromatic rings. The van der Waals surface area contributed by atoms with Crippen LogP contribution in [0.2, 0.25) is 0 Å². The molecule has 6 nitrogen and oxygen atoms in total. The number of aromatic nitrogens is 2. The van der Waals surface area contributed by atoms with E-state index in [1.165, 1.54) is 4.68 Å². The second-order valence-corrected chi connectivity index (χ2v) is 4.35. The largest absolute Gasteiger partial charge is 0.362 e. The first-order valence-corrected chi connectivity index (χ1v) is 5.91. The van der Waals surface area contributed by atoms with Crippen molar-refractivity contribution >= 4 is 11.5 Å². The van der Waals surface area contributed by atoms with E-state index in [4.69, 9.17) is 0 Å². The average molecular weight is 240 g/mol. The second kappa shape index (κ2) is 5.65. The molecular formula is C11H20N4O2. The molecule has 1 aromatic heterocycles. The third-order valence-corrected chi connectivity index (χ3v) is 2.75. The summed E-state index contributed by atoms with van der Waals surface area (Å²) in [4.78, 5) is 10.6. The Bertz CT molecular complexity index is 400. The van der Waals surface area contributed by atoms with Gasteiger partial charge in [0.15, 0.2) is 0 Å². The van der Waals surface area contributed by atoms with Crippen LogP contribution < -0.4 is 5.32 Å². The Hall–Kier alpha value is -1.59. The predicted octanol–water partition coefficient (Wildman–Crippen LogP) is 2.63. The highest BCUT2D eigenvalue weighted by Gasteiger charge is 2.24. The smallest absolute Gasteiger partial charge is 0.333 e. The van der Waals surface area contributed by atoms with Crippen molar-refractivity contribution in [2.45, 2.75) is 46.1 Å². The topological polar surface area (TPSA) is 73.0 Å². The van der Waals surface area contributed by atoms with E-state index < -0.39 is 0 Å². The molecule has 0 bridgehead atoms. The standard InChI is InChI=1S/C11H20N4O2/c1-5-6-7-8(2)12-11-10(15(16)17)9(3)13-14(11)4/h8,12H,5-7H2,1-4H3. The van der Waals surface area contributed by atoms with Gasteiger partial charge in [-0.25, -0.2) is 4.68 Å². The van der Waals surface area contributed by atoms with Gasteiger partial charge in [-0.2, -0.15) is 5.10 Å². The van der Waals surface area contributed by atoms with Gasteiger partial charge in [0.25, 0.3) is 0 Å². The first-order chi connectivity index (χ1) is 7.97. The fraction of sp³-hybridized carbons (Fsp3) is 0.727. The van der Waals surface area contributed by atoms with Crippen molar-refractivity contribution in [3.8, 4) is 0 Å². The van der Waals surface area contributed by atoms with Crippen LogP contribution in [0.5, 0.6) is 0 Å². The Balaban J connectivity index is 2.86. The van der Waals surface area contributed by atoms with E-state index in [0.717, 1.165) is 19.3 Å². The molecule has 6 heteroatoms. The first kappa shape index (κ1) is 13.5. The summed E-state index contributed by atoms with van der Waals surface area (Å²) in [6, 6.07) is 0.212. The molecule has 1 N–H and O–H groups in total. The highest BCUT2D eigenvalue weighted by molar-refractivity contribution is 5.59. The van der Waals surface area contributed by atoms with Gasteiger partial charge >= 0.3 is 5.69 Å². The minimum absolute atomic E-state index is 0.0795. The molecule has 0 saturated heterocycles. The zero-order valence-corrected chi connectivity index (χ0v) is 10.9. The lowest BCUT2D eigenvalue weighted by Crippen LogP contribution is -2.18. The van der Waals surface area contributed by atoms with E-state index >= 15 is 0 Å². The van der Waals surface area contributed by atoms with Crippen molar-refractivity contribution in [3.63, 3.8) is 0 Å². The van der Waals surface area contributed by atoms with Crippen LogP contribution in [-0.2, 0) is 7.05 Å². The van der Waals surface area contributed by atoms with Gasteiger partial charge in [0.05, 0.1) is 4.92 Å². The van der Waals surface area contributed by atoms with E-state index in [0.29, 0.717) is 11.5 Å². The van der Waals surface area contributed by atoms with Crippen molar-refractivity contribution in [2.75, 3.05) is 5.32 Å². The van der Waals surface area contributed by atoms with Crippen LogP contribution in [-0.4, -0.2) is 20.7 Å². The van der Waals surface area contributed by atoms with Crippen molar-refractivity contribution in [1.29, 1.82) is 0 Å². The van der Waals surface area contributed by atoms with Crippen LogP contribution in [0.15, 0.2) is 0 Å². The number of nitrogens with one attached hydrogen (secondary N) is 1. The normalized spacial score (nSPS) is 12.5. The van der Waals surface area contributed by atoms with Gasteiger partial charge < -0.3 is 5.32 Å². The summed E-state index contributed by atoms with van der Waals surface area (Å²) in [7, 11) is 1.72. The van der Waals surface area contributed by atoms with Gasteiger partial charge in [-0.1, -0.05) is 19.8 Å². The molecule has 1 rings (SSSR count). The highest BCUT2D eigenvalue weighted by Crippen LogP contribution is 2.28. The molecule has 0 aliphatic carbocycles. The van der Waals surface area contributed by atoms with Crippen LogP contribution in [0.1, 0.15) is 38.8 Å². The van der Waals surface area contributed by atoms with Crippen LogP contribution in [0, 0.1) is 17.0 Å². The molecule has 1 heterocycles. The second-order valence-electron chi connectivity index (χ2n) is 4.35. The summed E-state index contributed by atoms with van der Waals surface area (Å²) < 4.78 is 1.54. The molecule has 17 heavy (non-hydrogen) atoms. The van der Waals surface area contributed by atoms with Crippen molar-refractivity contribution in [2.24, 2.45) is 7.05 Å². The molecule has 1 unspecified atom stereocenters. The molecule has 0 saturated carbocycles. The number of anilines is 1. The van der Waals surface area contributed by atoms with Gasteiger partial charge in [-0.15, -0.1) is 0 Å². The lowest BCUT2D eigenvalue weighted by molar-refractivity contribution is -0.384. The number of hydrogen-bond acceptors (Lipinski definition) is 4. The maximum atomic E-state index is 11.0. The lowest BCUT2D eigenvalue weighted by atomic mass is 10.1. The molecule has 0 aliphatic rings. The highest BCUT2D eigenvalue weighted by atomic mass is 16.6. The average Bonchev–Trinajstić information content (AvgIpc) is 2.51. The maximum absolute atomic E-state index is 11.0. The Morgan fingerprint density at radius 2 is 2.24 bits per heavy atom. The molecule has 0 fully saturated rings. The first-order valence-electron chi connectivity index (χ1n) is 5.91. The Kier molecular flexibility index (Phi) is 4.48. The third kappa shape index (κ3) is 3.18. The minimum atomic E-state index is -0.378. The fourth-order valence-electron chi connectivity index (χ4n) is 1.84. The third-order valence-electron chi connectivity index (χ3n) is 2.75. The summed E-state index contributed by atoms with van der Waals surface area (Å²) in [6.45, 7) is 5.81. The van der Waals surface area contributed by atoms with E-state index in [1.807, 2.05) is 6.92 Å². The van der Waals surface area contributed by atoms with Crippen LogP contribution in [0.25, 0.3) is 0 Å². The van der Waals surface area contributed by atoms with Gasteiger partial charge in [-0.05, 0) is 20.3 Å². The van der Waals surface area contributed by atoms with Crippen molar-refractivity contribution in [3.05, 3.63) is 15.8 Å². The maximum Gasteiger partial charge on any atom is 0.333 e. The molecule has 0 amide bonds. The molecule has 96 valence electrons. The summed E-state index contributed by atoms with van der Waals surface area (Å²) in [5, 5.41) is 18.2. The zero-order valence-electron chi connectivity index (χ0n) is 10.9. The van der Waals surface area contributed by atoms with E-state index in [9.17, 15) is 10.1 Å². The Morgan fingerprint density at radius 3 is 2.76 bits per heavy atom. The number of hydrogen-bond donors (Lipinski definition) is 1.